The molecule has 0 radical (unpaired) electrons. The lowest BCUT2D eigenvalue weighted by Crippen LogP contribution is -2.37. The highest BCUT2D eigenvalue weighted by Gasteiger charge is 2.29. The third-order valence-electron chi connectivity index (χ3n) is 3.00. The van der Waals surface area contributed by atoms with E-state index < -0.39 is 0 Å². The lowest BCUT2D eigenvalue weighted by atomic mass is 9.87. The Balaban J connectivity index is 2.47. The average Bonchev–Trinajstić information content (AvgIpc) is 2.10. The van der Waals surface area contributed by atoms with Gasteiger partial charge in [0.15, 0.2) is 0 Å². The minimum atomic E-state index is -0.199. The van der Waals surface area contributed by atoms with E-state index in [0.29, 0.717) is 0 Å². The van der Waals surface area contributed by atoms with Crippen LogP contribution in [0.2, 0.25) is 0 Å². The van der Waals surface area contributed by atoms with Gasteiger partial charge in [0.2, 0.25) is 0 Å². The zero-order valence-corrected chi connectivity index (χ0v) is 8.72. The molecular formula is C11H22O2. The Morgan fingerprint density at radius 1 is 1.08 bits per heavy atom. The Kier molecular flexibility index (Phi) is 4.74. The van der Waals surface area contributed by atoms with Crippen LogP contribution in [-0.4, -0.2) is 23.9 Å². The van der Waals surface area contributed by atoms with E-state index in [1.807, 2.05) is 6.92 Å². The summed E-state index contributed by atoms with van der Waals surface area (Å²) < 4.78 is 5.71. The van der Waals surface area contributed by atoms with Gasteiger partial charge in [0.1, 0.15) is 0 Å². The summed E-state index contributed by atoms with van der Waals surface area (Å²) in [4.78, 5) is 0. The monoisotopic (exact) mass is 186 g/mol. The number of ether oxygens (including phenoxy) is 1. The smallest absolute Gasteiger partial charge is 0.0911 e. The van der Waals surface area contributed by atoms with Crippen molar-refractivity contribution in [2.45, 2.75) is 57.5 Å². The highest BCUT2D eigenvalue weighted by atomic mass is 16.5. The minimum Gasteiger partial charge on any atom is -0.393 e. The SMILES string of the molecule is CCOC1(CO)CCCCCCC1. The molecular weight excluding hydrogens is 164 g/mol. The van der Waals surface area contributed by atoms with Crippen molar-refractivity contribution in [2.24, 2.45) is 0 Å². The molecule has 0 heterocycles. The van der Waals surface area contributed by atoms with Crippen LogP contribution in [0.3, 0.4) is 0 Å². The van der Waals surface area contributed by atoms with Gasteiger partial charge >= 0.3 is 0 Å². The lowest BCUT2D eigenvalue weighted by molar-refractivity contribution is -0.0898. The van der Waals surface area contributed by atoms with E-state index in [9.17, 15) is 5.11 Å². The Labute approximate surface area is 81.3 Å². The third kappa shape index (κ3) is 3.28. The quantitative estimate of drug-likeness (QED) is 0.733. The van der Waals surface area contributed by atoms with Crippen LogP contribution >= 0.6 is 0 Å². The molecule has 0 unspecified atom stereocenters. The second kappa shape index (κ2) is 5.61. The average molecular weight is 186 g/mol. The van der Waals surface area contributed by atoms with E-state index in [1.54, 1.807) is 0 Å². The summed E-state index contributed by atoms with van der Waals surface area (Å²) in [6, 6.07) is 0. The van der Waals surface area contributed by atoms with Crippen LogP contribution in [0.25, 0.3) is 0 Å². The zero-order valence-electron chi connectivity index (χ0n) is 8.72. The first-order chi connectivity index (χ1) is 6.33. The fourth-order valence-electron chi connectivity index (χ4n) is 2.20. The number of aliphatic hydroxyl groups is 1. The molecule has 1 rings (SSSR count). The van der Waals surface area contributed by atoms with Crippen molar-refractivity contribution in [2.75, 3.05) is 13.2 Å². The summed E-state index contributed by atoms with van der Waals surface area (Å²) in [7, 11) is 0. The summed E-state index contributed by atoms with van der Waals surface area (Å²) in [5, 5.41) is 9.36. The van der Waals surface area contributed by atoms with E-state index >= 15 is 0 Å². The maximum atomic E-state index is 9.36. The van der Waals surface area contributed by atoms with Gasteiger partial charge in [-0.2, -0.15) is 0 Å². The lowest BCUT2D eigenvalue weighted by Gasteiger charge is -2.33. The van der Waals surface area contributed by atoms with Crippen molar-refractivity contribution in [1.82, 2.24) is 0 Å². The Hall–Kier alpha value is -0.0800. The van der Waals surface area contributed by atoms with Crippen molar-refractivity contribution in [1.29, 1.82) is 0 Å². The van der Waals surface area contributed by atoms with Crippen LogP contribution < -0.4 is 0 Å². The molecule has 1 N–H and O–H groups in total. The van der Waals surface area contributed by atoms with Gasteiger partial charge in [-0.1, -0.05) is 32.1 Å². The standard InChI is InChI=1S/C11H22O2/c1-2-13-11(10-12)8-6-4-3-5-7-9-11/h12H,2-10H2,1H3. The van der Waals surface area contributed by atoms with E-state index in [-0.39, 0.29) is 12.2 Å². The van der Waals surface area contributed by atoms with Crippen LogP contribution in [-0.2, 0) is 4.74 Å². The van der Waals surface area contributed by atoms with E-state index in [2.05, 4.69) is 0 Å². The topological polar surface area (TPSA) is 29.5 Å². The van der Waals surface area contributed by atoms with Gasteiger partial charge in [-0.25, -0.2) is 0 Å². The molecule has 2 nitrogen and oxygen atoms in total. The normalized spacial score (nSPS) is 23.5. The summed E-state index contributed by atoms with van der Waals surface area (Å²) in [6.45, 7) is 2.93. The third-order valence-corrected chi connectivity index (χ3v) is 3.00. The maximum Gasteiger partial charge on any atom is 0.0911 e. The number of aliphatic hydroxyl groups excluding tert-OH is 1. The molecule has 2 heteroatoms. The molecule has 13 heavy (non-hydrogen) atoms. The summed E-state index contributed by atoms with van der Waals surface area (Å²) in [5.41, 5.74) is -0.199. The Morgan fingerprint density at radius 3 is 2.08 bits per heavy atom. The second-order valence-corrected chi connectivity index (χ2v) is 4.04. The van der Waals surface area contributed by atoms with Crippen LogP contribution in [0.4, 0.5) is 0 Å². The van der Waals surface area contributed by atoms with Crippen LogP contribution in [0, 0.1) is 0 Å². The second-order valence-electron chi connectivity index (χ2n) is 4.04. The molecule has 0 aromatic carbocycles. The predicted molar refractivity (Wildman–Crippen MR) is 53.8 cm³/mol. The fraction of sp³-hybridized carbons (Fsp3) is 1.00. The minimum absolute atomic E-state index is 0.195. The van der Waals surface area contributed by atoms with Crippen LogP contribution in [0.5, 0.6) is 0 Å². The van der Waals surface area contributed by atoms with Crippen LogP contribution in [0.15, 0.2) is 0 Å². The van der Waals surface area contributed by atoms with E-state index in [4.69, 9.17) is 4.74 Å². The van der Waals surface area contributed by atoms with Gasteiger partial charge in [0.05, 0.1) is 12.2 Å². The first kappa shape index (κ1) is 11.0. The molecule has 0 bridgehead atoms. The highest BCUT2D eigenvalue weighted by Crippen LogP contribution is 2.29. The molecule has 1 fully saturated rings. The Bertz CT molecular complexity index is 126. The van der Waals surface area contributed by atoms with Crippen molar-refractivity contribution in [3.05, 3.63) is 0 Å². The van der Waals surface area contributed by atoms with E-state index in [0.717, 1.165) is 19.4 Å². The first-order valence-electron chi connectivity index (χ1n) is 5.58. The first-order valence-corrected chi connectivity index (χ1v) is 5.58. The highest BCUT2D eigenvalue weighted by molar-refractivity contribution is 4.81. The molecule has 0 aromatic heterocycles. The summed E-state index contributed by atoms with van der Waals surface area (Å²) in [5.74, 6) is 0. The largest absolute Gasteiger partial charge is 0.393 e. The molecule has 0 spiro atoms. The number of rotatable bonds is 3. The van der Waals surface area contributed by atoms with Crippen molar-refractivity contribution < 1.29 is 9.84 Å². The number of hydrogen-bond acceptors (Lipinski definition) is 2. The van der Waals surface area contributed by atoms with Gasteiger partial charge < -0.3 is 9.84 Å². The van der Waals surface area contributed by atoms with Crippen molar-refractivity contribution in [3.63, 3.8) is 0 Å². The fourth-order valence-corrected chi connectivity index (χ4v) is 2.20. The van der Waals surface area contributed by atoms with Crippen molar-refractivity contribution >= 4 is 0 Å². The summed E-state index contributed by atoms with van der Waals surface area (Å²) in [6.07, 6.45) is 8.45. The van der Waals surface area contributed by atoms with Crippen LogP contribution in [0.1, 0.15) is 51.9 Å². The molecule has 1 saturated carbocycles. The molecule has 0 amide bonds. The molecule has 78 valence electrons. The van der Waals surface area contributed by atoms with Gasteiger partial charge in [0, 0.05) is 6.61 Å². The summed E-state index contributed by atoms with van der Waals surface area (Å²) >= 11 is 0. The van der Waals surface area contributed by atoms with Gasteiger partial charge in [-0.3, -0.25) is 0 Å². The molecule has 0 aromatic rings. The molecule has 1 aliphatic carbocycles. The van der Waals surface area contributed by atoms with Crippen molar-refractivity contribution in [3.8, 4) is 0 Å². The van der Waals surface area contributed by atoms with Gasteiger partial charge in [-0.15, -0.1) is 0 Å². The Morgan fingerprint density at radius 2 is 1.62 bits per heavy atom. The molecule has 0 atom stereocenters. The van der Waals surface area contributed by atoms with Gasteiger partial charge in [-0.05, 0) is 19.8 Å². The zero-order chi connectivity index (χ0) is 9.57. The van der Waals surface area contributed by atoms with E-state index in [1.165, 1.54) is 32.1 Å². The molecule has 1 aliphatic rings. The molecule has 0 saturated heterocycles. The maximum absolute atomic E-state index is 9.36. The molecule has 0 aliphatic heterocycles. The van der Waals surface area contributed by atoms with Gasteiger partial charge in [0.25, 0.3) is 0 Å². The predicted octanol–water partition coefficient (Wildman–Crippen LogP) is 2.50. The number of hydrogen-bond donors (Lipinski definition) is 1.